The zero-order valence-electron chi connectivity index (χ0n) is 14.7. The molecule has 0 unspecified atom stereocenters. The molecule has 1 heterocycles. The van der Waals surface area contributed by atoms with Gasteiger partial charge >= 0.3 is 0 Å². The van der Waals surface area contributed by atoms with Crippen molar-refractivity contribution in [1.29, 1.82) is 0 Å². The van der Waals surface area contributed by atoms with E-state index in [9.17, 15) is 9.59 Å². The summed E-state index contributed by atoms with van der Waals surface area (Å²) in [5, 5.41) is 3.20. The van der Waals surface area contributed by atoms with Crippen molar-refractivity contribution in [3.8, 4) is 0 Å². The Hall–Kier alpha value is -1.39. The van der Waals surface area contributed by atoms with E-state index in [4.69, 9.17) is 0 Å². The van der Waals surface area contributed by atoms with Gasteiger partial charge in [0.15, 0.2) is 5.78 Å². The minimum Gasteiger partial charge on any atom is -0.343 e. The van der Waals surface area contributed by atoms with E-state index >= 15 is 0 Å². The van der Waals surface area contributed by atoms with Crippen LogP contribution in [0.3, 0.4) is 0 Å². The lowest BCUT2D eigenvalue weighted by molar-refractivity contribution is -0.132. The molecule has 1 fully saturated rings. The molecule has 4 nitrogen and oxygen atoms in total. The van der Waals surface area contributed by atoms with Crippen LogP contribution in [0.2, 0.25) is 0 Å². The fourth-order valence-corrected chi connectivity index (χ4v) is 3.12. The van der Waals surface area contributed by atoms with Crippen LogP contribution in [-0.4, -0.2) is 43.3 Å². The highest BCUT2D eigenvalue weighted by Gasteiger charge is 2.22. The van der Waals surface area contributed by atoms with Crippen molar-refractivity contribution in [2.24, 2.45) is 5.92 Å². The molecule has 5 heteroatoms. The van der Waals surface area contributed by atoms with E-state index in [0.29, 0.717) is 24.3 Å². The number of hydrogen-bond donors (Lipinski definition) is 1. The fraction of sp³-hybridized carbons (Fsp3) is 0.579. The zero-order chi connectivity index (χ0) is 16.7. The van der Waals surface area contributed by atoms with Crippen LogP contribution in [0.5, 0.6) is 0 Å². The summed E-state index contributed by atoms with van der Waals surface area (Å²) >= 11 is 0. The number of ketones is 1. The molecule has 0 aromatic heterocycles. The number of benzene rings is 1. The van der Waals surface area contributed by atoms with Gasteiger partial charge in [-0.15, -0.1) is 12.4 Å². The molecule has 0 aliphatic carbocycles. The molecule has 134 valence electrons. The van der Waals surface area contributed by atoms with Crippen molar-refractivity contribution in [1.82, 2.24) is 10.2 Å². The number of carbonyl (C=O) groups is 2. The third kappa shape index (κ3) is 5.91. The van der Waals surface area contributed by atoms with Gasteiger partial charge in [0.25, 0.3) is 0 Å². The number of Topliss-reactive ketones (excluding diaryl/α,β-unsaturated/α-hetero) is 1. The van der Waals surface area contributed by atoms with Crippen molar-refractivity contribution in [3.05, 3.63) is 35.4 Å². The van der Waals surface area contributed by atoms with Gasteiger partial charge in [-0.1, -0.05) is 31.2 Å². The van der Waals surface area contributed by atoms with Gasteiger partial charge in [-0.05, 0) is 44.3 Å². The maximum absolute atomic E-state index is 12.3. The second-order valence-electron chi connectivity index (χ2n) is 6.36. The van der Waals surface area contributed by atoms with Crippen LogP contribution in [0, 0.1) is 5.92 Å². The number of halogens is 1. The lowest BCUT2D eigenvalue weighted by Crippen LogP contribution is -2.40. The van der Waals surface area contributed by atoms with Gasteiger partial charge in [0.1, 0.15) is 0 Å². The number of piperidine rings is 1. The third-order valence-corrected chi connectivity index (χ3v) is 4.71. The average Bonchev–Trinajstić information content (AvgIpc) is 2.60. The first kappa shape index (κ1) is 20.7. The summed E-state index contributed by atoms with van der Waals surface area (Å²) in [5.74, 6) is 0.847. The van der Waals surface area contributed by atoms with E-state index in [0.717, 1.165) is 38.9 Å². The monoisotopic (exact) mass is 352 g/mol. The standard InChI is InChI=1S/C19H28N2O2.ClH/c1-3-15-4-6-17(7-5-15)18(22)8-9-19(23)21-12-10-16(11-13-21)14-20-2;/h4-7,16,20H,3,8-14H2,1-2H3;1H. The molecule has 1 N–H and O–H groups in total. The first-order valence-electron chi connectivity index (χ1n) is 8.68. The number of likely N-dealkylation sites (tertiary alicyclic amines) is 1. The van der Waals surface area contributed by atoms with Crippen LogP contribution in [0.1, 0.15) is 48.5 Å². The van der Waals surface area contributed by atoms with Crippen LogP contribution >= 0.6 is 12.4 Å². The summed E-state index contributed by atoms with van der Waals surface area (Å²) in [4.78, 5) is 26.4. The van der Waals surface area contributed by atoms with Crippen molar-refractivity contribution in [3.63, 3.8) is 0 Å². The fourth-order valence-electron chi connectivity index (χ4n) is 3.12. The predicted molar refractivity (Wildman–Crippen MR) is 99.9 cm³/mol. The summed E-state index contributed by atoms with van der Waals surface area (Å²) < 4.78 is 0. The second kappa shape index (κ2) is 10.5. The van der Waals surface area contributed by atoms with Crippen molar-refractivity contribution >= 4 is 24.1 Å². The van der Waals surface area contributed by atoms with Gasteiger partial charge in [-0.2, -0.15) is 0 Å². The Bertz CT molecular complexity index is 523. The highest BCUT2D eigenvalue weighted by Crippen LogP contribution is 2.18. The minimum atomic E-state index is 0. The molecule has 24 heavy (non-hydrogen) atoms. The Labute approximate surface area is 151 Å². The van der Waals surface area contributed by atoms with Crippen LogP contribution < -0.4 is 5.32 Å². The Kier molecular flexibility index (Phi) is 9.01. The molecular formula is C19H29ClN2O2. The summed E-state index contributed by atoms with van der Waals surface area (Å²) in [6, 6.07) is 7.72. The molecule has 1 aliphatic rings. The van der Waals surface area contributed by atoms with Crippen molar-refractivity contribution in [2.75, 3.05) is 26.7 Å². The van der Waals surface area contributed by atoms with Crippen LogP contribution in [0.4, 0.5) is 0 Å². The molecule has 2 rings (SSSR count). The summed E-state index contributed by atoms with van der Waals surface area (Å²) in [7, 11) is 1.97. The van der Waals surface area contributed by atoms with Crippen molar-refractivity contribution in [2.45, 2.75) is 39.0 Å². The van der Waals surface area contributed by atoms with E-state index in [-0.39, 0.29) is 24.1 Å². The molecule has 1 aliphatic heterocycles. The van der Waals surface area contributed by atoms with E-state index in [1.807, 2.05) is 36.2 Å². The van der Waals surface area contributed by atoms with E-state index < -0.39 is 0 Å². The quantitative estimate of drug-likeness (QED) is 0.767. The Morgan fingerprint density at radius 1 is 1.12 bits per heavy atom. The first-order chi connectivity index (χ1) is 11.1. The second-order valence-corrected chi connectivity index (χ2v) is 6.36. The summed E-state index contributed by atoms with van der Waals surface area (Å²) in [6.45, 7) is 4.76. The topological polar surface area (TPSA) is 49.4 Å². The van der Waals surface area contributed by atoms with Crippen LogP contribution in [0.15, 0.2) is 24.3 Å². The maximum Gasteiger partial charge on any atom is 0.223 e. The number of nitrogens with zero attached hydrogens (tertiary/aromatic N) is 1. The molecule has 0 spiro atoms. The SMILES string of the molecule is CCc1ccc(C(=O)CCC(=O)N2CCC(CNC)CC2)cc1.Cl. The number of amides is 1. The lowest BCUT2D eigenvalue weighted by Gasteiger charge is -2.32. The number of carbonyl (C=O) groups excluding carboxylic acids is 2. The normalized spacial score (nSPS) is 15.0. The highest BCUT2D eigenvalue weighted by molar-refractivity contribution is 5.98. The largest absolute Gasteiger partial charge is 0.343 e. The number of nitrogens with one attached hydrogen (secondary N) is 1. The van der Waals surface area contributed by atoms with Gasteiger partial charge < -0.3 is 10.2 Å². The van der Waals surface area contributed by atoms with Crippen LogP contribution in [-0.2, 0) is 11.2 Å². The Balaban J connectivity index is 0.00000288. The van der Waals surface area contributed by atoms with E-state index in [1.54, 1.807) is 0 Å². The highest BCUT2D eigenvalue weighted by atomic mass is 35.5. The molecule has 1 aromatic rings. The molecule has 1 aromatic carbocycles. The third-order valence-electron chi connectivity index (χ3n) is 4.71. The van der Waals surface area contributed by atoms with Gasteiger partial charge in [-0.25, -0.2) is 0 Å². The smallest absolute Gasteiger partial charge is 0.223 e. The number of rotatable bonds is 7. The summed E-state index contributed by atoms with van der Waals surface area (Å²) in [6.07, 6.45) is 3.71. The molecule has 1 saturated heterocycles. The Morgan fingerprint density at radius 3 is 2.29 bits per heavy atom. The minimum absolute atomic E-state index is 0. The van der Waals surface area contributed by atoms with Gasteiger partial charge in [0.05, 0.1) is 0 Å². The van der Waals surface area contributed by atoms with Crippen LogP contribution in [0.25, 0.3) is 0 Å². The first-order valence-corrected chi connectivity index (χ1v) is 8.68. The van der Waals surface area contributed by atoms with E-state index in [1.165, 1.54) is 5.56 Å². The average molecular weight is 353 g/mol. The number of hydrogen-bond acceptors (Lipinski definition) is 3. The number of aryl methyl sites for hydroxylation is 1. The molecule has 0 bridgehead atoms. The van der Waals surface area contributed by atoms with E-state index in [2.05, 4.69) is 12.2 Å². The van der Waals surface area contributed by atoms with Gasteiger partial charge in [0, 0.05) is 31.5 Å². The molecule has 0 radical (unpaired) electrons. The molecular weight excluding hydrogens is 324 g/mol. The Morgan fingerprint density at radius 2 is 1.75 bits per heavy atom. The van der Waals surface area contributed by atoms with Crippen molar-refractivity contribution < 1.29 is 9.59 Å². The maximum atomic E-state index is 12.3. The lowest BCUT2D eigenvalue weighted by atomic mass is 9.96. The predicted octanol–water partition coefficient (Wildman–Crippen LogP) is 3.09. The van der Waals surface area contributed by atoms with Gasteiger partial charge in [0.2, 0.25) is 5.91 Å². The molecule has 0 atom stereocenters. The summed E-state index contributed by atoms with van der Waals surface area (Å²) in [5.41, 5.74) is 1.93. The molecule has 1 amide bonds. The van der Waals surface area contributed by atoms with Gasteiger partial charge in [-0.3, -0.25) is 9.59 Å². The zero-order valence-corrected chi connectivity index (χ0v) is 15.5. The molecule has 0 saturated carbocycles.